The molecule has 17 heavy (non-hydrogen) atoms. The molecule has 0 bridgehead atoms. The Balaban J connectivity index is 2.96. The van der Waals surface area contributed by atoms with Gasteiger partial charge in [0, 0.05) is 6.54 Å². The molecule has 1 atom stereocenters. The molecule has 0 aromatic carbocycles. The molecule has 1 aromatic heterocycles. The van der Waals surface area contributed by atoms with Crippen LogP contribution in [0.25, 0.3) is 0 Å². The predicted octanol–water partition coefficient (Wildman–Crippen LogP) is -0.0510. The van der Waals surface area contributed by atoms with Crippen LogP contribution >= 0.6 is 0 Å². The number of carbonyl (C=O) groups is 2. The van der Waals surface area contributed by atoms with E-state index in [1.165, 1.54) is 18.0 Å². The summed E-state index contributed by atoms with van der Waals surface area (Å²) in [7, 11) is 1.24. The van der Waals surface area contributed by atoms with Gasteiger partial charge in [0.2, 0.25) is 5.91 Å². The average molecular weight is 240 g/mol. The van der Waals surface area contributed by atoms with Gasteiger partial charge in [0.05, 0.1) is 13.4 Å². The van der Waals surface area contributed by atoms with Gasteiger partial charge in [0.15, 0.2) is 5.69 Å². The summed E-state index contributed by atoms with van der Waals surface area (Å²) in [6.07, 6.45) is 1.35. The summed E-state index contributed by atoms with van der Waals surface area (Å²) in [4.78, 5) is 26.7. The lowest BCUT2D eigenvalue weighted by molar-refractivity contribution is -0.123. The highest BCUT2D eigenvalue weighted by molar-refractivity contribution is 5.92. The SMILES string of the molecule is CCNC(=O)C(C)n1cnc(C(=O)OC)c1N. The number of carbonyl (C=O) groups excluding carboxylic acids is 2. The minimum absolute atomic E-state index is 0.0173. The Hall–Kier alpha value is -2.05. The zero-order valence-electron chi connectivity index (χ0n) is 10.1. The van der Waals surface area contributed by atoms with E-state index in [-0.39, 0.29) is 17.4 Å². The normalized spacial score (nSPS) is 11.9. The fourth-order valence-corrected chi connectivity index (χ4v) is 1.38. The molecule has 1 heterocycles. The maximum atomic E-state index is 11.6. The van der Waals surface area contributed by atoms with Crippen LogP contribution in [0, 0.1) is 0 Å². The Bertz CT molecular complexity index is 427. The van der Waals surface area contributed by atoms with Gasteiger partial charge in [-0.15, -0.1) is 0 Å². The number of imidazole rings is 1. The molecular weight excluding hydrogens is 224 g/mol. The number of likely N-dealkylation sites (N-methyl/N-ethyl adjacent to an activating group) is 1. The highest BCUT2D eigenvalue weighted by Gasteiger charge is 2.22. The second kappa shape index (κ2) is 5.33. The van der Waals surface area contributed by atoms with Crippen molar-refractivity contribution in [2.24, 2.45) is 0 Å². The number of methoxy groups -OCH3 is 1. The zero-order chi connectivity index (χ0) is 13.0. The lowest BCUT2D eigenvalue weighted by Crippen LogP contribution is -2.31. The highest BCUT2D eigenvalue weighted by atomic mass is 16.5. The van der Waals surface area contributed by atoms with E-state index in [4.69, 9.17) is 5.73 Å². The van der Waals surface area contributed by atoms with Gasteiger partial charge < -0.3 is 20.4 Å². The smallest absolute Gasteiger partial charge is 0.360 e. The molecule has 0 radical (unpaired) electrons. The summed E-state index contributed by atoms with van der Waals surface area (Å²) in [5.74, 6) is -0.687. The molecule has 94 valence electrons. The van der Waals surface area contributed by atoms with Crippen molar-refractivity contribution in [3.63, 3.8) is 0 Å². The van der Waals surface area contributed by atoms with Crippen LogP contribution in [0.15, 0.2) is 6.33 Å². The van der Waals surface area contributed by atoms with Crippen molar-refractivity contribution in [3.05, 3.63) is 12.0 Å². The maximum absolute atomic E-state index is 11.6. The number of nitrogens with one attached hydrogen (secondary N) is 1. The van der Waals surface area contributed by atoms with Crippen LogP contribution < -0.4 is 11.1 Å². The van der Waals surface area contributed by atoms with Gasteiger partial charge in [-0.2, -0.15) is 0 Å². The molecule has 7 nitrogen and oxygen atoms in total. The van der Waals surface area contributed by atoms with Crippen molar-refractivity contribution >= 4 is 17.7 Å². The third-order valence-corrected chi connectivity index (χ3v) is 2.36. The summed E-state index contributed by atoms with van der Waals surface area (Å²) in [5.41, 5.74) is 5.75. The number of hydrogen-bond acceptors (Lipinski definition) is 5. The summed E-state index contributed by atoms with van der Waals surface area (Å²) >= 11 is 0. The van der Waals surface area contributed by atoms with Gasteiger partial charge in [-0.1, -0.05) is 0 Å². The molecule has 0 fully saturated rings. The molecule has 0 saturated carbocycles. The number of anilines is 1. The lowest BCUT2D eigenvalue weighted by atomic mass is 10.3. The number of esters is 1. The van der Waals surface area contributed by atoms with Crippen LogP contribution in [0.4, 0.5) is 5.82 Å². The number of nitrogens with zero attached hydrogens (tertiary/aromatic N) is 2. The molecule has 3 N–H and O–H groups in total. The van der Waals surface area contributed by atoms with E-state index < -0.39 is 12.0 Å². The molecule has 1 unspecified atom stereocenters. The molecule has 1 aromatic rings. The molecule has 0 aliphatic heterocycles. The van der Waals surface area contributed by atoms with Crippen molar-refractivity contribution in [1.29, 1.82) is 0 Å². The second-order valence-electron chi connectivity index (χ2n) is 3.45. The topological polar surface area (TPSA) is 99.2 Å². The van der Waals surface area contributed by atoms with Gasteiger partial charge in [-0.25, -0.2) is 9.78 Å². The van der Waals surface area contributed by atoms with Gasteiger partial charge in [-0.05, 0) is 13.8 Å². The van der Waals surface area contributed by atoms with E-state index in [0.29, 0.717) is 6.54 Å². The zero-order valence-corrected chi connectivity index (χ0v) is 10.1. The standard InChI is InChI=1S/C10H16N4O3/c1-4-12-9(15)6(2)14-5-13-7(8(14)11)10(16)17-3/h5-6H,4,11H2,1-3H3,(H,12,15). The van der Waals surface area contributed by atoms with Crippen molar-refractivity contribution in [1.82, 2.24) is 14.9 Å². The monoisotopic (exact) mass is 240 g/mol. The minimum Gasteiger partial charge on any atom is -0.464 e. The molecule has 0 aliphatic rings. The van der Waals surface area contributed by atoms with Crippen molar-refractivity contribution < 1.29 is 14.3 Å². The molecule has 0 aliphatic carbocycles. The molecule has 0 spiro atoms. The van der Waals surface area contributed by atoms with Gasteiger partial charge in [0.1, 0.15) is 11.9 Å². The molecular formula is C10H16N4O3. The van der Waals surface area contributed by atoms with Crippen LogP contribution in [0.2, 0.25) is 0 Å². The van der Waals surface area contributed by atoms with Gasteiger partial charge in [-0.3, -0.25) is 4.79 Å². The first-order valence-electron chi connectivity index (χ1n) is 5.21. The third kappa shape index (κ3) is 2.55. The molecule has 0 saturated heterocycles. The molecule has 1 amide bonds. The molecule has 7 heteroatoms. The van der Waals surface area contributed by atoms with Crippen LogP contribution in [-0.4, -0.2) is 35.1 Å². The predicted molar refractivity (Wildman–Crippen MR) is 61.4 cm³/mol. The Morgan fingerprint density at radius 1 is 1.65 bits per heavy atom. The number of nitrogen functional groups attached to an aromatic ring is 1. The summed E-state index contributed by atoms with van der Waals surface area (Å²) in [5, 5.41) is 2.66. The molecule has 1 rings (SSSR count). The lowest BCUT2D eigenvalue weighted by Gasteiger charge is -2.14. The second-order valence-corrected chi connectivity index (χ2v) is 3.45. The first-order chi connectivity index (χ1) is 8.02. The van der Waals surface area contributed by atoms with Crippen molar-refractivity contribution in [3.8, 4) is 0 Å². The maximum Gasteiger partial charge on any atom is 0.360 e. The van der Waals surface area contributed by atoms with E-state index in [1.807, 2.05) is 6.92 Å². The number of hydrogen-bond donors (Lipinski definition) is 2. The first-order valence-corrected chi connectivity index (χ1v) is 5.21. The Morgan fingerprint density at radius 3 is 2.82 bits per heavy atom. The van der Waals surface area contributed by atoms with E-state index in [0.717, 1.165) is 0 Å². The van der Waals surface area contributed by atoms with Crippen molar-refractivity contribution in [2.75, 3.05) is 19.4 Å². The minimum atomic E-state index is -0.621. The average Bonchev–Trinajstić information content (AvgIpc) is 2.69. The van der Waals surface area contributed by atoms with E-state index >= 15 is 0 Å². The van der Waals surface area contributed by atoms with E-state index in [9.17, 15) is 9.59 Å². The van der Waals surface area contributed by atoms with Gasteiger partial charge in [0.25, 0.3) is 0 Å². The number of rotatable bonds is 4. The number of ether oxygens (including phenoxy) is 1. The Labute approximate surface area is 99.0 Å². The van der Waals surface area contributed by atoms with E-state index in [2.05, 4.69) is 15.0 Å². The quantitative estimate of drug-likeness (QED) is 0.719. The highest BCUT2D eigenvalue weighted by Crippen LogP contribution is 2.17. The number of aromatic nitrogens is 2. The van der Waals surface area contributed by atoms with Crippen molar-refractivity contribution in [2.45, 2.75) is 19.9 Å². The fraction of sp³-hybridized carbons (Fsp3) is 0.500. The van der Waals surface area contributed by atoms with E-state index in [1.54, 1.807) is 6.92 Å². The summed E-state index contributed by atoms with van der Waals surface area (Å²) in [6.45, 7) is 4.02. The summed E-state index contributed by atoms with van der Waals surface area (Å²) < 4.78 is 5.95. The number of amides is 1. The Kier molecular flexibility index (Phi) is 4.08. The summed E-state index contributed by atoms with van der Waals surface area (Å²) in [6, 6.07) is -0.527. The van der Waals surface area contributed by atoms with Crippen LogP contribution in [0.5, 0.6) is 0 Å². The third-order valence-electron chi connectivity index (χ3n) is 2.36. The number of nitrogens with two attached hydrogens (primary N) is 1. The van der Waals surface area contributed by atoms with Crippen LogP contribution in [0.3, 0.4) is 0 Å². The first kappa shape index (κ1) is 13.0. The van der Waals surface area contributed by atoms with Crippen LogP contribution in [-0.2, 0) is 9.53 Å². The van der Waals surface area contributed by atoms with Gasteiger partial charge >= 0.3 is 5.97 Å². The largest absolute Gasteiger partial charge is 0.464 e. The fourth-order valence-electron chi connectivity index (χ4n) is 1.38. The Morgan fingerprint density at radius 2 is 2.29 bits per heavy atom. The van der Waals surface area contributed by atoms with Crippen LogP contribution in [0.1, 0.15) is 30.4 Å².